The molecule has 1 atom stereocenters. The van der Waals surface area contributed by atoms with Crippen molar-refractivity contribution in [2.45, 2.75) is 19.2 Å². The molecule has 0 saturated carbocycles. The van der Waals surface area contributed by atoms with E-state index in [1.807, 2.05) is 18.2 Å². The first-order chi connectivity index (χ1) is 7.93. The van der Waals surface area contributed by atoms with Crippen LogP contribution in [0.5, 0.6) is 0 Å². The fraction of sp³-hybridized carbons (Fsp3) is 0.462. The molecular formula is C13H17ClN2O. The zero-order valence-corrected chi connectivity index (χ0v) is 11.3. The van der Waals surface area contributed by atoms with Crippen LogP contribution in [0.1, 0.15) is 24.8 Å². The van der Waals surface area contributed by atoms with Gasteiger partial charge in [-0.15, -0.1) is 11.6 Å². The first-order valence-electron chi connectivity index (χ1n) is 5.73. The van der Waals surface area contributed by atoms with Gasteiger partial charge in [0.1, 0.15) is 0 Å². The number of aryl methyl sites for hydroxylation is 2. The molecule has 1 aromatic carbocycles. The van der Waals surface area contributed by atoms with Crippen LogP contribution in [0.25, 0.3) is 11.0 Å². The van der Waals surface area contributed by atoms with E-state index in [0.29, 0.717) is 5.92 Å². The molecule has 0 saturated heterocycles. The monoisotopic (exact) mass is 252 g/mol. The summed E-state index contributed by atoms with van der Waals surface area (Å²) in [5, 5.41) is -0.0188. The summed E-state index contributed by atoms with van der Waals surface area (Å²) in [7, 11) is 3.57. The van der Waals surface area contributed by atoms with E-state index in [-0.39, 0.29) is 11.1 Å². The molecule has 1 unspecified atom stereocenters. The lowest BCUT2D eigenvalue weighted by molar-refractivity contribution is 0.624. The Bertz CT molecular complexity index is 610. The van der Waals surface area contributed by atoms with Crippen molar-refractivity contribution < 1.29 is 0 Å². The second kappa shape index (κ2) is 4.22. The number of halogens is 1. The van der Waals surface area contributed by atoms with Crippen LogP contribution in [0.4, 0.5) is 0 Å². The summed E-state index contributed by atoms with van der Waals surface area (Å²) in [6.07, 6.45) is 0. The van der Waals surface area contributed by atoms with E-state index in [4.69, 9.17) is 11.6 Å². The molecule has 4 heteroatoms. The molecule has 2 aromatic rings. The SMILES string of the molecule is CC(C)C(Cl)c1ccc2c(c1)n(C)c(=O)n2C. The van der Waals surface area contributed by atoms with E-state index in [1.54, 1.807) is 23.2 Å². The van der Waals surface area contributed by atoms with E-state index < -0.39 is 0 Å². The van der Waals surface area contributed by atoms with E-state index in [0.717, 1.165) is 16.6 Å². The maximum absolute atomic E-state index is 11.8. The van der Waals surface area contributed by atoms with Gasteiger partial charge in [0.25, 0.3) is 0 Å². The Morgan fingerprint density at radius 3 is 2.29 bits per heavy atom. The van der Waals surface area contributed by atoms with Crippen LogP contribution >= 0.6 is 11.6 Å². The van der Waals surface area contributed by atoms with Crippen LogP contribution in [0.3, 0.4) is 0 Å². The Kier molecular flexibility index (Phi) is 3.04. The average molecular weight is 253 g/mol. The summed E-state index contributed by atoms with van der Waals surface area (Å²) >= 11 is 6.35. The number of aromatic nitrogens is 2. The number of hydrogen-bond acceptors (Lipinski definition) is 1. The normalized spacial score (nSPS) is 13.5. The quantitative estimate of drug-likeness (QED) is 0.755. The second-order valence-electron chi connectivity index (χ2n) is 4.79. The van der Waals surface area contributed by atoms with Gasteiger partial charge in [0, 0.05) is 14.1 Å². The van der Waals surface area contributed by atoms with Gasteiger partial charge in [-0.3, -0.25) is 9.13 Å². The van der Waals surface area contributed by atoms with Crippen molar-refractivity contribution in [2.24, 2.45) is 20.0 Å². The summed E-state index contributed by atoms with van der Waals surface area (Å²) in [5.74, 6) is 0.370. The number of nitrogens with zero attached hydrogens (tertiary/aromatic N) is 2. The van der Waals surface area contributed by atoms with Gasteiger partial charge in [0.05, 0.1) is 16.4 Å². The molecule has 0 spiro atoms. The van der Waals surface area contributed by atoms with E-state index >= 15 is 0 Å². The number of alkyl halides is 1. The summed E-state index contributed by atoms with van der Waals surface area (Å²) in [4.78, 5) is 11.8. The van der Waals surface area contributed by atoms with Crippen LogP contribution in [0, 0.1) is 5.92 Å². The Morgan fingerprint density at radius 2 is 1.71 bits per heavy atom. The third kappa shape index (κ3) is 1.89. The number of benzene rings is 1. The van der Waals surface area contributed by atoms with Crippen molar-refractivity contribution in [3.8, 4) is 0 Å². The molecule has 0 aliphatic rings. The smallest absolute Gasteiger partial charge is 0.295 e. The first kappa shape index (κ1) is 12.2. The third-order valence-electron chi connectivity index (χ3n) is 3.20. The van der Waals surface area contributed by atoms with Gasteiger partial charge in [-0.05, 0) is 23.6 Å². The Morgan fingerprint density at radius 1 is 1.12 bits per heavy atom. The highest BCUT2D eigenvalue weighted by Gasteiger charge is 2.15. The topological polar surface area (TPSA) is 26.9 Å². The van der Waals surface area contributed by atoms with Gasteiger partial charge in [0.2, 0.25) is 0 Å². The van der Waals surface area contributed by atoms with Crippen molar-refractivity contribution in [3.63, 3.8) is 0 Å². The Hall–Kier alpha value is -1.22. The number of hydrogen-bond donors (Lipinski definition) is 0. The lowest BCUT2D eigenvalue weighted by Gasteiger charge is -2.13. The van der Waals surface area contributed by atoms with Crippen molar-refractivity contribution in [1.29, 1.82) is 0 Å². The Balaban J connectivity index is 2.66. The average Bonchev–Trinajstić information content (AvgIpc) is 2.53. The van der Waals surface area contributed by atoms with E-state index in [9.17, 15) is 4.79 Å². The zero-order valence-electron chi connectivity index (χ0n) is 10.6. The van der Waals surface area contributed by atoms with Crippen LogP contribution < -0.4 is 5.69 Å². The van der Waals surface area contributed by atoms with Crippen LogP contribution in [-0.2, 0) is 14.1 Å². The van der Waals surface area contributed by atoms with Crippen molar-refractivity contribution >= 4 is 22.6 Å². The fourth-order valence-electron chi connectivity index (χ4n) is 2.08. The molecule has 1 aromatic heterocycles. The summed E-state index contributed by atoms with van der Waals surface area (Å²) in [5.41, 5.74) is 2.93. The van der Waals surface area contributed by atoms with Crippen molar-refractivity contribution in [1.82, 2.24) is 9.13 Å². The van der Waals surface area contributed by atoms with Crippen molar-refractivity contribution in [2.75, 3.05) is 0 Å². The molecule has 0 amide bonds. The van der Waals surface area contributed by atoms with E-state index in [1.165, 1.54) is 0 Å². The maximum atomic E-state index is 11.8. The zero-order chi connectivity index (χ0) is 12.7. The van der Waals surface area contributed by atoms with Gasteiger partial charge >= 0.3 is 5.69 Å². The highest BCUT2D eigenvalue weighted by molar-refractivity contribution is 6.21. The molecule has 0 bridgehead atoms. The van der Waals surface area contributed by atoms with Gasteiger partial charge in [-0.25, -0.2) is 4.79 Å². The molecule has 1 heterocycles. The van der Waals surface area contributed by atoms with Gasteiger partial charge < -0.3 is 0 Å². The van der Waals surface area contributed by atoms with Gasteiger partial charge in [-0.1, -0.05) is 19.9 Å². The fourth-order valence-corrected chi connectivity index (χ4v) is 2.22. The number of imidazole rings is 1. The highest BCUT2D eigenvalue weighted by Crippen LogP contribution is 2.30. The predicted octanol–water partition coefficient (Wildman–Crippen LogP) is 2.81. The van der Waals surface area contributed by atoms with Crippen LogP contribution in [-0.4, -0.2) is 9.13 Å². The first-order valence-corrected chi connectivity index (χ1v) is 6.16. The molecule has 92 valence electrons. The molecule has 0 radical (unpaired) electrons. The van der Waals surface area contributed by atoms with Crippen LogP contribution in [0.15, 0.2) is 23.0 Å². The number of rotatable bonds is 2. The van der Waals surface area contributed by atoms with Crippen LogP contribution in [0.2, 0.25) is 0 Å². The molecular weight excluding hydrogens is 236 g/mol. The molecule has 0 aliphatic heterocycles. The van der Waals surface area contributed by atoms with Gasteiger partial charge in [-0.2, -0.15) is 0 Å². The summed E-state index contributed by atoms with van der Waals surface area (Å²) in [6, 6.07) is 5.97. The second-order valence-corrected chi connectivity index (χ2v) is 5.26. The molecule has 3 nitrogen and oxygen atoms in total. The predicted molar refractivity (Wildman–Crippen MR) is 71.6 cm³/mol. The minimum absolute atomic E-state index is 0.00665. The maximum Gasteiger partial charge on any atom is 0.328 e. The highest BCUT2D eigenvalue weighted by atomic mass is 35.5. The lowest BCUT2D eigenvalue weighted by Crippen LogP contribution is -2.19. The summed E-state index contributed by atoms with van der Waals surface area (Å²) in [6.45, 7) is 4.18. The minimum atomic E-state index is -0.0188. The van der Waals surface area contributed by atoms with E-state index in [2.05, 4.69) is 13.8 Å². The molecule has 2 rings (SSSR count). The Labute approximate surface area is 106 Å². The third-order valence-corrected chi connectivity index (χ3v) is 3.96. The minimum Gasteiger partial charge on any atom is -0.295 e. The molecule has 17 heavy (non-hydrogen) atoms. The van der Waals surface area contributed by atoms with Crippen molar-refractivity contribution in [3.05, 3.63) is 34.2 Å². The largest absolute Gasteiger partial charge is 0.328 e. The molecule has 0 fully saturated rings. The molecule has 0 N–H and O–H groups in total. The standard InChI is InChI=1S/C13H17ClN2O/c1-8(2)12(14)9-5-6-10-11(7-9)16(4)13(17)15(10)3/h5-8,12H,1-4H3. The number of fused-ring (bicyclic) bond motifs is 1. The van der Waals surface area contributed by atoms with Gasteiger partial charge in [0.15, 0.2) is 0 Å². The lowest BCUT2D eigenvalue weighted by atomic mass is 10.0. The molecule has 0 aliphatic carbocycles. The summed E-state index contributed by atoms with van der Waals surface area (Å²) < 4.78 is 3.31.